The molecule has 0 saturated carbocycles. The van der Waals surface area contributed by atoms with Crippen LogP contribution in [0.25, 0.3) is 0 Å². The van der Waals surface area contributed by atoms with Crippen LogP contribution in [0.2, 0.25) is 0 Å². The van der Waals surface area contributed by atoms with E-state index >= 15 is 0 Å². The van der Waals surface area contributed by atoms with Gasteiger partial charge in [0, 0.05) is 24.9 Å². The van der Waals surface area contributed by atoms with E-state index < -0.39 is 11.7 Å². The van der Waals surface area contributed by atoms with Crippen LogP contribution < -0.4 is 0 Å². The first kappa shape index (κ1) is 14.0. The fourth-order valence-corrected chi connectivity index (χ4v) is 2.03. The predicted octanol–water partition coefficient (Wildman–Crippen LogP) is 3.18. The summed E-state index contributed by atoms with van der Waals surface area (Å²) < 4.78 is 37.9. The van der Waals surface area contributed by atoms with Crippen molar-refractivity contribution in [1.82, 2.24) is 9.88 Å². The first-order chi connectivity index (χ1) is 8.88. The van der Waals surface area contributed by atoms with Gasteiger partial charge in [-0.2, -0.15) is 13.2 Å². The lowest BCUT2D eigenvalue weighted by molar-refractivity contribution is -0.0957. The predicted molar refractivity (Wildman–Crippen MR) is 66.6 cm³/mol. The molecule has 0 saturated heterocycles. The van der Waals surface area contributed by atoms with Crippen molar-refractivity contribution < 1.29 is 18.0 Å². The normalized spacial score (nSPS) is 16.2. The quantitative estimate of drug-likeness (QED) is 0.583. The van der Waals surface area contributed by atoms with Crippen LogP contribution in [0.3, 0.4) is 0 Å². The van der Waals surface area contributed by atoms with Gasteiger partial charge in [0.25, 0.3) is 5.91 Å². The lowest BCUT2D eigenvalue weighted by Gasteiger charge is -2.27. The molecule has 2 heterocycles. The Hall–Kier alpha value is -1.37. The van der Waals surface area contributed by atoms with Gasteiger partial charge in [0.15, 0.2) is 0 Å². The molecular weight excluding hydrogens is 325 g/mol. The molecule has 0 bridgehead atoms. The van der Waals surface area contributed by atoms with Crippen molar-refractivity contribution in [3.63, 3.8) is 0 Å². The van der Waals surface area contributed by atoms with E-state index in [1.165, 1.54) is 11.1 Å². The van der Waals surface area contributed by atoms with Crippen molar-refractivity contribution in [2.45, 2.75) is 12.6 Å². The number of nitrogens with zero attached hydrogens (tertiary/aromatic N) is 2. The molecule has 1 aliphatic rings. The zero-order valence-corrected chi connectivity index (χ0v) is 11.3. The van der Waals surface area contributed by atoms with Crippen molar-refractivity contribution >= 4 is 21.8 Å². The van der Waals surface area contributed by atoms with Crippen LogP contribution in [-0.2, 0) is 0 Å². The number of halogens is 4. The summed E-state index contributed by atoms with van der Waals surface area (Å²) in [6.07, 6.45) is -2.00. The Morgan fingerprint density at radius 1 is 1.37 bits per heavy atom. The molecule has 1 aromatic rings. The maximum atomic E-state index is 12.4. The van der Waals surface area contributed by atoms with Gasteiger partial charge in [-0.15, -0.1) is 0 Å². The van der Waals surface area contributed by atoms with E-state index in [4.69, 9.17) is 0 Å². The number of rotatable bonds is 1. The molecule has 7 heteroatoms. The smallest absolute Gasteiger partial charge is 0.335 e. The van der Waals surface area contributed by atoms with Crippen molar-refractivity contribution in [1.29, 1.82) is 0 Å². The molecule has 0 aromatic carbocycles. The van der Waals surface area contributed by atoms with Gasteiger partial charge in [0.1, 0.15) is 4.60 Å². The third-order valence-electron chi connectivity index (χ3n) is 2.83. The number of pyridine rings is 1. The number of hydrogen-bond acceptors (Lipinski definition) is 2. The van der Waals surface area contributed by atoms with E-state index in [-0.39, 0.29) is 25.4 Å². The summed E-state index contributed by atoms with van der Waals surface area (Å²) in [5, 5.41) is 0. The molecule has 3 nitrogen and oxygen atoms in total. The minimum absolute atomic E-state index is 0.0241. The van der Waals surface area contributed by atoms with E-state index in [9.17, 15) is 18.0 Å². The first-order valence-electron chi connectivity index (χ1n) is 5.55. The Morgan fingerprint density at radius 2 is 2.11 bits per heavy atom. The van der Waals surface area contributed by atoms with Gasteiger partial charge in [-0.1, -0.05) is 6.08 Å². The number of hydrogen-bond donors (Lipinski definition) is 0. The van der Waals surface area contributed by atoms with Crippen LogP contribution in [0.4, 0.5) is 13.2 Å². The number of alkyl halides is 3. The van der Waals surface area contributed by atoms with Gasteiger partial charge in [0.05, 0.1) is 5.56 Å². The highest BCUT2D eigenvalue weighted by Crippen LogP contribution is 2.30. The van der Waals surface area contributed by atoms with Crippen molar-refractivity contribution in [3.8, 4) is 0 Å². The topological polar surface area (TPSA) is 33.2 Å². The van der Waals surface area contributed by atoms with E-state index in [1.54, 1.807) is 12.1 Å². The van der Waals surface area contributed by atoms with Crippen LogP contribution >= 0.6 is 15.9 Å². The van der Waals surface area contributed by atoms with Gasteiger partial charge >= 0.3 is 6.18 Å². The van der Waals surface area contributed by atoms with Gasteiger partial charge in [-0.05, 0) is 34.5 Å². The maximum absolute atomic E-state index is 12.4. The molecule has 1 aliphatic heterocycles. The SMILES string of the molecule is O=C(c1ccc(Br)nc1)N1CC=C(C(F)(F)F)CC1. The van der Waals surface area contributed by atoms with Crippen molar-refractivity contribution in [2.24, 2.45) is 0 Å². The molecule has 102 valence electrons. The molecule has 0 radical (unpaired) electrons. The van der Waals surface area contributed by atoms with Gasteiger partial charge < -0.3 is 4.90 Å². The van der Waals surface area contributed by atoms with Crippen LogP contribution in [0.1, 0.15) is 16.8 Å². The molecular formula is C12H10BrF3N2O. The largest absolute Gasteiger partial charge is 0.412 e. The van der Waals surface area contributed by atoms with Gasteiger partial charge in [-0.25, -0.2) is 4.98 Å². The Kier molecular flexibility index (Phi) is 3.93. The molecule has 0 atom stereocenters. The summed E-state index contributed by atoms with van der Waals surface area (Å²) in [7, 11) is 0. The number of carbonyl (C=O) groups excluding carboxylic acids is 1. The molecule has 1 aromatic heterocycles. The van der Waals surface area contributed by atoms with Crippen LogP contribution in [0, 0.1) is 0 Å². The first-order valence-corrected chi connectivity index (χ1v) is 6.34. The second-order valence-electron chi connectivity index (χ2n) is 4.10. The zero-order valence-electron chi connectivity index (χ0n) is 9.75. The zero-order chi connectivity index (χ0) is 14.0. The number of amides is 1. The summed E-state index contributed by atoms with van der Waals surface area (Å²) in [4.78, 5) is 17.3. The van der Waals surface area contributed by atoms with Gasteiger partial charge in [0.2, 0.25) is 0 Å². The highest BCUT2D eigenvalue weighted by Gasteiger charge is 2.35. The lowest BCUT2D eigenvalue weighted by atomic mass is 10.1. The third-order valence-corrected chi connectivity index (χ3v) is 3.30. The second-order valence-corrected chi connectivity index (χ2v) is 4.91. The molecule has 1 amide bonds. The van der Waals surface area contributed by atoms with E-state index in [2.05, 4.69) is 20.9 Å². The average Bonchev–Trinajstić information content (AvgIpc) is 2.38. The average molecular weight is 335 g/mol. The Bertz CT molecular complexity index is 511. The van der Waals surface area contributed by atoms with E-state index in [0.717, 1.165) is 6.08 Å². The summed E-state index contributed by atoms with van der Waals surface area (Å²) in [5.41, 5.74) is -0.197. The Morgan fingerprint density at radius 3 is 2.58 bits per heavy atom. The molecule has 0 fully saturated rings. The summed E-state index contributed by atoms with van der Waals surface area (Å²) >= 11 is 3.15. The third kappa shape index (κ3) is 3.34. The minimum Gasteiger partial charge on any atom is -0.335 e. The fourth-order valence-electron chi connectivity index (χ4n) is 1.80. The molecule has 0 N–H and O–H groups in total. The highest BCUT2D eigenvalue weighted by atomic mass is 79.9. The highest BCUT2D eigenvalue weighted by molar-refractivity contribution is 9.10. The monoisotopic (exact) mass is 334 g/mol. The fraction of sp³-hybridized carbons (Fsp3) is 0.333. The van der Waals surface area contributed by atoms with Crippen LogP contribution in [0.5, 0.6) is 0 Å². The van der Waals surface area contributed by atoms with Crippen molar-refractivity contribution in [3.05, 3.63) is 40.1 Å². The van der Waals surface area contributed by atoms with E-state index in [0.29, 0.717) is 10.2 Å². The summed E-state index contributed by atoms with van der Waals surface area (Å²) in [6, 6.07) is 3.20. The molecule has 0 unspecified atom stereocenters. The number of carbonyl (C=O) groups is 1. The van der Waals surface area contributed by atoms with Gasteiger partial charge in [-0.3, -0.25) is 4.79 Å². The standard InChI is InChI=1S/C12H10BrF3N2O/c13-10-2-1-8(7-17-10)11(19)18-5-3-9(4-6-18)12(14,15)16/h1-3,7H,4-6H2. The number of aromatic nitrogens is 1. The lowest BCUT2D eigenvalue weighted by Crippen LogP contribution is -2.36. The minimum atomic E-state index is -4.30. The molecule has 0 aliphatic carbocycles. The summed E-state index contributed by atoms with van der Waals surface area (Å²) in [6.45, 7) is 0.0456. The summed E-state index contributed by atoms with van der Waals surface area (Å²) in [5.74, 6) is -0.308. The second kappa shape index (κ2) is 5.32. The van der Waals surface area contributed by atoms with E-state index in [1.807, 2.05) is 0 Å². The molecule has 19 heavy (non-hydrogen) atoms. The maximum Gasteiger partial charge on any atom is 0.412 e. The Labute approximate surface area is 116 Å². The van der Waals surface area contributed by atoms with Crippen LogP contribution in [-0.4, -0.2) is 35.1 Å². The van der Waals surface area contributed by atoms with Crippen LogP contribution in [0.15, 0.2) is 34.6 Å². The Balaban J connectivity index is 2.07. The van der Waals surface area contributed by atoms with Crippen molar-refractivity contribution in [2.75, 3.05) is 13.1 Å². The molecule has 2 rings (SSSR count). The molecule has 0 spiro atoms.